The number of carbonyl (C=O) groups excluding carboxylic acids is 5. The van der Waals surface area contributed by atoms with Crippen LogP contribution in [0.1, 0.15) is 91.7 Å². The molecule has 0 spiro atoms. The largest absolute Gasteiger partial charge is 0.350 e. The van der Waals surface area contributed by atoms with E-state index in [0.717, 1.165) is 5.56 Å². The van der Waals surface area contributed by atoms with Crippen LogP contribution in [0.5, 0.6) is 0 Å². The Bertz CT molecular complexity index is 1670. The molecule has 0 unspecified atom stereocenters. The van der Waals surface area contributed by atoms with Crippen molar-refractivity contribution in [3.05, 3.63) is 63.6 Å². The van der Waals surface area contributed by atoms with Crippen LogP contribution in [-0.2, 0) is 32.1 Å². The molecule has 4 N–H and O–H groups in total. The predicted molar refractivity (Wildman–Crippen MR) is 182 cm³/mol. The van der Waals surface area contributed by atoms with E-state index in [2.05, 4.69) is 36.3 Å². The minimum Gasteiger partial charge on any atom is -0.350 e. The van der Waals surface area contributed by atoms with E-state index in [0.29, 0.717) is 35.9 Å². The maximum atomic E-state index is 13.8. The van der Waals surface area contributed by atoms with Gasteiger partial charge in [0.15, 0.2) is 5.82 Å². The summed E-state index contributed by atoms with van der Waals surface area (Å²) in [4.78, 5) is 77.5. The average molecular weight is 692 g/mol. The van der Waals surface area contributed by atoms with Crippen molar-refractivity contribution < 1.29 is 24.0 Å². The van der Waals surface area contributed by atoms with Gasteiger partial charge in [-0.05, 0) is 43.6 Å². The molecule has 0 aliphatic carbocycles. The number of amides is 5. The molecule has 0 saturated carbocycles. The normalized spacial score (nSPS) is 22.6. The van der Waals surface area contributed by atoms with Gasteiger partial charge in [0.1, 0.15) is 29.1 Å². The molecule has 1 aromatic carbocycles. The monoisotopic (exact) mass is 691 g/mol. The molecule has 49 heavy (non-hydrogen) atoms. The van der Waals surface area contributed by atoms with Crippen molar-refractivity contribution in [2.45, 2.75) is 91.0 Å². The van der Waals surface area contributed by atoms with Gasteiger partial charge < -0.3 is 26.2 Å². The Kier molecular flexibility index (Phi) is 11.4. The summed E-state index contributed by atoms with van der Waals surface area (Å²) < 4.78 is 1.49. The number of nitrogens with zero attached hydrogens (tertiary/aromatic N) is 5. The lowest BCUT2D eigenvalue weighted by atomic mass is 10.0. The van der Waals surface area contributed by atoms with Crippen molar-refractivity contribution >= 4 is 40.9 Å². The molecular formula is C34H45N9O5S. The first-order valence-electron chi connectivity index (χ1n) is 16.7. The number of aromatic nitrogens is 4. The van der Waals surface area contributed by atoms with Crippen LogP contribution in [0.25, 0.3) is 0 Å². The minimum absolute atomic E-state index is 0.0498. The molecule has 262 valence electrons. The van der Waals surface area contributed by atoms with Gasteiger partial charge in [0.05, 0.1) is 18.6 Å². The van der Waals surface area contributed by atoms with E-state index in [1.807, 2.05) is 58.0 Å². The maximum Gasteiger partial charge on any atom is 0.271 e. The lowest BCUT2D eigenvalue weighted by Gasteiger charge is -2.32. The van der Waals surface area contributed by atoms with Crippen molar-refractivity contribution in [3.63, 3.8) is 0 Å². The zero-order valence-corrected chi connectivity index (χ0v) is 29.4. The van der Waals surface area contributed by atoms with E-state index in [9.17, 15) is 24.0 Å². The highest BCUT2D eigenvalue weighted by Gasteiger charge is 2.35. The molecule has 1 fully saturated rings. The van der Waals surface area contributed by atoms with E-state index >= 15 is 0 Å². The zero-order chi connectivity index (χ0) is 35.2. The van der Waals surface area contributed by atoms with E-state index < -0.39 is 36.0 Å². The second-order valence-electron chi connectivity index (χ2n) is 13.5. The van der Waals surface area contributed by atoms with Crippen molar-refractivity contribution in [2.24, 2.45) is 11.8 Å². The number of nitrogens with one attached hydrogen (secondary N) is 4. The fraction of sp³-hybridized carbons (Fsp3) is 0.529. The molecule has 1 saturated heterocycles. The number of thiazole rings is 1. The molecule has 4 atom stereocenters. The standard InChI is InChI=1S/C34H45N9O5S/c1-19(2)13-25-33-40-27(18-49-33)32(47)39-24(14-22-9-7-6-8-10-22)31-35-21(5)41-43(31)17-30(46)38-26(20(3)4)15-42(16-29(45)37-25)34(48)23-11-12-28(44)36-23/h6-10,18-20,23-26H,11-17H2,1-5H3,(H,36,44)(H,37,45)(H,38,46)(H,39,47)/t23-,24-,25-,26+/m0/s1. The van der Waals surface area contributed by atoms with Gasteiger partial charge in [-0.2, -0.15) is 5.10 Å². The molecule has 2 aromatic heterocycles. The van der Waals surface area contributed by atoms with Crippen LogP contribution < -0.4 is 21.3 Å². The van der Waals surface area contributed by atoms with E-state index in [1.165, 1.54) is 20.9 Å². The molecule has 2 aliphatic heterocycles. The number of fused-ring (bicyclic) bond motifs is 3. The van der Waals surface area contributed by atoms with Crippen molar-refractivity contribution in [1.82, 2.24) is 45.9 Å². The average Bonchev–Trinajstić information content (AvgIpc) is 3.79. The number of rotatable bonds is 6. The van der Waals surface area contributed by atoms with Crippen LogP contribution in [0.2, 0.25) is 0 Å². The van der Waals surface area contributed by atoms with Gasteiger partial charge in [-0.1, -0.05) is 58.0 Å². The first-order chi connectivity index (χ1) is 23.4. The second kappa shape index (κ2) is 15.7. The third-order valence-electron chi connectivity index (χ3n) is 8.60. The van der Waals surface area contributed by atoms with Gasteiger partial charge in [0.25, 0.3) is 5.91 Å². The van der Waals surface area contributed by atoms with Crippen molar-refractivity contribution in [3.8, 4) is 0 Å². The SMILES string of the molecule is Cc1nc2n(n1)CC(=O)N[C@@H](C(C)C)CN(C(=O)[C@@H]1CCC(=O)N1)CC(=O)N[C@@H](CC(C)C)c1nc(cs1)C(=O)N[C@H]2Cc1ccccc1. The summed E-state index contributed by atoms with van der Waals surface area (Å²) in [5.74, 6) is -0.893. The number of hydrogen-bond acceptors (Lipinski definition) is 9. The Balaban J connectivity index is 1.54. The first kappa shape index (κ1) is 35.6. The lowest BCUT2D eigenvalue weighted by Crippen LogP contribution is -2.55. The summed E-state index contributed by atoms with van der Waals surface area (Å²) in [5.41, 5.74) is 1.14. The first-order valence-corrected chi connectivity index (χ1v) is 17.6. The Morgan fingerprint density at radius 2 is 1.65 bits per heavy atom. The van der Waals surface area contributed by atoms with E-state index in [1.54, 1.807) is 12.3 Å². The molecule has 0 radical (unpaired) electrons. The summed E-state index contributed by atoms with van der Waals surface area (Å²) in [6.45, 7) is 9.20. The highest BCUT2D eigenvalue weighted by atomic mass is 32.1. The molecular weight excluding hydrogens is 646 g/mol. The molecule has 2 aliphatic rings. The summed E-state index contributed by atoms with van der Waals surface area (Å²) in [6, 6.07) is 7.22. The molecule has 5 amide bonds. The van der Waals surface area contributed by atoms with Gasteiger partial charge >= 0.3 is 0 Å². The smallest absolute Gasteiger partial charge is 0.271 e. The van der Waals surface area contributed by atoms with Crippen LogP contribution in [-0.4, -0.2) is 79.4 Å². The minimum atomic E-state index is -0.754. The van der Waals surface area contributed by atoms with Crippen LogP contribution in [0.15, 0.2) is 35.7 Å². The zero-order valence-electron chi connectivity index (χ0n) is 28.6. The van der Waals surface area contributed by atoms with E-state index in [4.69, 9.17) is 0 Å². The van der Waals surface area contributed by atoms with Crippen LogP contribution >= 0.6 is 11.3 Å². The highest BCUT2D eigenvalue weighted by Crippen LogP contribution is 2.26. The molecule has 15 heteroatoms. The van der Waals surface area contributed by atoms with Gasteiger partial charge in [-0.25, -0.2) is 14.6 Å². The lowest BCUT2D eigenvalue weighted by molar-refractivity contribution is -0.139. The molecule has 5 rings (SSSR count). The fourth-order valence-electron chi connectivity index (χ4n) is 6.09. The Morgan fingerprint density at radius 3 is 2.33 bits per heavy atom. The Morgan fingerprint density at radius 1 is 0.918 bits per heavy atom. The number of benzene rings is 1. The van der Waals surface area contributed by atoms with Crippen LogP contribution in [0, 0.1) is 18.8 Å². The number of carbonyl (C=O) groups is 5. The number of hydrogen-bond donors (Lipinski definition) is 4. The second-order valence-corrected chi connectivity index (χ2v) is 14.4. The van der Waals surface area contributed by atoms with Crippen molar-refractivity contribution in [2.75, 3.05) is 13.1 Å². The van der Waals surface area contributed by atoms with Gasteiger partial charge in [-0.15, -0.1) is 11.3 Å². The molecule has 2 bridgehead atoms. The Hall–Kier alpha value is -4.66. The predicted octanol–water partition coefficient (Wildman–Crippen LogP) is 2.22. The molecule has 14 nitrogen and oxygen atoms in total. The van der Waals surface area contributed by atoms with E-state index in [-0.39, 0.29) is 61.3 Å². The fourth-order valence-corrected chi connectivity index (χ4v) is 6.96. The highest BCUT2D eigenvalue weighted by molar-refractivity contribution is 7.09. The quantitative estimate of drug-likeness (QED) is 0.304. The summed E-state index contributed by atoms with van der Waals surface area (Å²) in [5, 5.41) is 18.6. The van der Waals surface area contributed by atoms with Crippen LogP contribution in [0.4, 0.5) is 0 Å². The summed E-state index contributed by atoms with van der Waals surface area (Å²) in [6.07, 6.45) is 1.49. The van der Waals surface area contributed by atoms with Gasteiger partial charge in [0.2, 0.25) is 23.6 Å². The van der Waals surface area contributed by atoms with Gasteiger partial charge in [0, 0.05) is 24.4 Å². The van der Waals surface area contributed by atoms with Gasteiger partial charge in [-0.3, -0.25) is 24.0 Å². The third kappa shape index (κ3) is 9.28. The summed E-state index contributed by atoms with van der Waals surface area (Å²) >= 11 is 1.28. The topological polar surface area (TPSA) is 180 Å². The third-order valence-corrected chi connectivity index (χ3v) is 9.56. The van der Waals surface area contributed by atoms with Crippen molar-refractivity contribution in [1.29, 1.82) is 0 Å². The summed E-state index contributed by atoms with van der Waals surface area (Å²) in [7, 11) is 0. The Labute approximate surface area is 289 Å². The molecule has 3 aromatic rings. The van der Waals surface area contributed by atoms with Crippen LogP contribution in [0.3, 0.4) is 0 Å². The molecule has 4 heterocycles. The number of aryl methyl sites for hydroxylation is 1. The maximum absolute atomic E-state index is 13.8.